The summed E-state index contributed by atoms with van der Waals surface area (Å²) in [5.41, 5.74) is 0.999. The standard InChI is InChI=1S/C11H14N2O2.C2HF3O2/c14-11(13-10-6-12-7-10)15-8-9-4-2-1-3-5-9;3-2(4,5)1(6)7/h1-5,10,12H,6-8H2,(H,13,14);(H,6,7). The number of carboxylic acids is 1. The number of hydrogen-bond donors (Lipinski definition) is 3. The van der Waals surface area contributed by atoms with E-state index >= 15 is 0 Å². The molecule has 0 bridgehead atoms. The van der Waals surface area contributed by atoms with Crippen molar-refractivity contribution in [1.82, 2.24) is 10.6 Å². The third kappa shape index (κ3) is 6.93. The van der Waals surface area contributed by atoms with Crippen molar-refractivity contribution in [2.45, 2.75) is 18.8 Å². The quantitative estimate of drug-likeness (QED) is 0.786. The summed E-state index contributed by atoms with van der Waals surface area (Å²) in [5.74, 6) is -2.76. The van der Waals surface area contributed by atoms with Crippen LogP contribution in [0.5, 0.6) is 0 Å². The van der Waals surface area contributed by atoms with Gasteiger partial charge in [0, 0.05) is 13.1 Å². The molecule has 1 aromatic rings. The molecule has 122 valence electrons. The summed E-state index contributed by atoms with van der Waals surface area (Å²) in [6, 6.07) is 9.87. The summed E-state index contributed by atoms with van der Waals surface area (Å²) in [6.07, 6.45) is -5.43. The Morgan fingerprint density at radius 3 is 2.23 bits per heavy atom. The van der Waals surface area contributed by atoms with Gasteiger partial charge in [-0.25, -0.2) is 9.59 Å². The molecule has 1 amide bonds. The maximum atomic E-state index is 11.3. The molecule has 0 aromatic heterocycles. The minimum atomic E-state index is -5.08. The van der Waals surface area contributed by atoms with Crippen molar-refractivity contribution in [3.8, 4) is 0 Å². The van der Waals surface area contributed by atoms with Gasteiger partial charge in [0.15, 0.2) is 0 Å². The van der Waals surface area contributed by atoms with Crippen LogP contribution >= 0.6 is 0 Å². The molecular weight excluding hydrogens is 305 g/mol. The van der Waals surface area contributed by atoms with Gasteiger partial charge in [-0.3, -0.25) is 0 Å². The van der Waals surface area contributed by atoms with Crippen LogP contribution in [0.4, 0.5) is 18.0 Å². The summed E-state index contributed by atoms with van der Waals surface area (Å²) >= 11 is 0. The Labute approximate surface area is 124 Å². The molecule has 6 nitrogen and oxygen atoms in total. The van der Waals surface area contributed by atoms with Gasteiger partial charge in [0.1, 0.15) is 6.61 Å². The van der Waals surface area contributed by atoms with Crippen molar-refractivity contribution < 1.29 is 32.6 Å². The molecule has 1 saturated heterocycles. The highest BCUT2D eigenvalue weighted by Crippen LogP contribution is 2.13. The lowest BCUT2D eigenvalue weighted by molar-refractivity contribution is -0.192. The van der Waals surface area contributed by atoms with Gasteiger partial charge in [0.05, 0.1) is 6.04 Å². The van der Waals surface area contributed by atoms with Crippen LogP contribution in [0.15, 0.2) is 30.3 Å². The van der Waals surface area contributed by atoms with E-state index in [1.54, 1.807) is 0 Å². The van der Waals surface area contributed by atoms with E-state index in [1.807, 2.05) is 30.3 Å². The number of aliphatic carboxylic acids is 1. The first-order chi connectivity index (χ1) is 10.3. The molecule has 0 atom stereocenters. The first-order valence-electron chi connectivity index (χ1n) is 6.27. The highest BCUT2D eigenvalue weighted by molar-refractivity contribution is 5.73. The zero-order valence-electron chi connectivity index (χ0n) is 11.4. The molecule has 1 aromatic carbocycles. The Kier molecular flexibility index (Phi) is 6.64. The van der Waals surface area contributed by atoms with Gasteiger partial charge in [-0.2, -0.15) is 13.2 Å². The second kappa shape index (κ2) is 8.23. The number of carbonyl (C=O) groups excluding carboxylic acids is 1. The van der Waals surface area contributed by atoms with Gasteiger partial charge in [-0.1, -0.05) is 30.3 Å². The first-order valence-corrected chi connectivity index (χ1v) is 6.27. The number of ether oxygens (including phenoxy) is 1. The van der Waals surface area contributed by atoms with Crippen LogP contribution in [-0.4, -0.2) is 42.5 Å². The Morgan fingerprint density at radius 1 is 1.27 bits per heavy atom. The van der Waals surface area contributed by atoms with Crippen LogP contribution in [0.1, 0.15) is 5.56 Å². The molecule has 0 spiro atoms. The van der Waals surface area contributed by atoms with E-state index in [2.05, 4.69) is 10.6 Å². The second-order valence-electron chi connectivity index (χ2n) is 4.36. The molecule has 1 aliphatic heterocycles. The number of hydrogen-bond acceptors (Lipinski definition) is 4. The van der Waals surface area contributed by atoms with Crippen molar-refractivity contribution in [2.75, 3.05) is 13.1 Å². The van der Waals surface area contributed by atoms with Gasteiger partial charge in [-0.05, 0) is 5.56 Å². The number of alkyl carbamates (subject to hydrolysis) is 1. The van der Waals surface area contributed by atoms with Gasteiger partial charge in [0.25, 0.3) is 0 Å². The number of amides is 1. The topological polar surface area (TPSA) is 87.7 Å². The molecular formula is C13H15F3N2O4. The number of halogens is 3. The van der Waals surface area contributed by atoms with E-state index in [0.717, 1.165) is 18.7 Å². The maximum absolute atomic E-state index is 11.3. The highest BCUT2D eigenvalue weighted by atomic mass is 19.4. The monoisotopic (exact) mass is 320 g/mol. The van der Waals surface area contributed by atoms with Crippen molar-refractivity contribution in [3.63, 3.8) is 0 Å². The number of rotatable bonds is 3. The molecule has 1 aliphatic rings. The molecule has 0 unspecified atom stereocenters. The number of alkyl halides is 3. The molecule has 1 heterocycles. The highest BCUT2D eigenvalue weighted by Gasteiger charge is 2.38. The maximum Gasteiger partial charge on any atom is 0.490 e. The Hall–Kier alpha value is -2.29. The number of carboxylic acid groups (broad SMARTS) is 1. The van der Waals surface area contributed by atoms with E-state index in [0.29, 0.717) is 6.61 Å². The van der Waals surface area contributed by atoms with E-state index in [9.17, 15) is 18.0 Å². The summed E-state index contributed by atoms with van der Waals surface area (Å²) < 4.78 is 36.8. The van der Waals surface area contributed by atoms with Crippen LogP contribution in [0, 0.1) is 0 Å². The van der Waals surface area contributed by atoms with Gasteiger partial charge in [0.2, 0.25) is 0 Å². The van der Waals surface area contributed by atoms with E-state index < -0.39 is 12.1 Å². The summed E-state index contributed by atoms with van der Waals surface area (Å²) in [5, 5.41) is 13.0. The smallest absolute Gasteiger partial charge is 0.475 e. The lowest BCUT2D eigenvalue weighted by Gasteiger charge is -2.27. The van der Waals surface area contributed by atoms with Crippen LogP contribution in [0.25, 0.3) is 0 Å². The molecule has 0 radical (unpaired) electrons. The van der Waals surface area contributed by atoms with Gasteiger partial charge in [-0.15, -0.1) is 0 Å². The predicted octanol–water partition coefficient (Wildman–Crippen LogP) is 1.52. The zero-order valence-corrected chi connectivity index (χ0v) is 11.4. The summed E-state index contributed by atoms with van der Waals surface area (Å²) in [7, 11) is 0. The van der Waals surface area contributed by atoms with E-state index in [-0.39, 0.29) is 12.1 Å². The normalized spacial score (nSPS) is 14.1. The molecule has 0 saturated carbocycles. The lowest BCUT2D eigenvalue weighted by atomic mass is 10.2. The number of benzene rings is 1. The molecule has 22 heavy (non-hydrogen) atoms. The number of carbonyl (C=O) groups is 2. The molecule has 3 N–H and O–H groups in total. The van der Waals surface area contributed by atoms with Crippen molar-refractivity contribution in [2.24, 2.45) is 0 Å². The lowest BCUT2D eigenvalue weighted by Crippen LogP contribution is -2.56. The Balaban J connectivity index is 0.000000295. The third-order valence-corrected chi connectivity index (χ3v) is 2.56. The first kappa shape index (κ1) is 17.8. The Morgan fingerprint density at radius 2 is 1.82 bits per heavy atom. The van der Waals surface area contributed by atoms with Crippen LogP contribution in [-0.2, 0) is 16.1 Å². The fraction of sp³-hybridized carbons (Fsp3) is 0.385. The third-order valence-electron chi connectivity index (χ3n) is 2.56. The summed E-state index contributed by atoms with van der Waals surface area (Å²) in [6.45, 7) is 1.99. The minimum Gasteiger partial charge on any atom is -0.475 e. The molecule has 9 heteroatoms. The molecule has 0 aliphatic carbocycles. The SMILES string of the molecule is O=C(NC1CNC1)OCc1ccccc1.O=C(O)C(F)(F)F. The molecule has 1 fully saturated rings. The predicted molar refractivity (Wildman–Crippen MR) is 70.1 cm³/mol. The fourth-order valence-corrected chi connectivity index (χ4v) is 1.32. The summed E-state index contributed by atoms with van der Waals surface area (Å²) in [4.78, 5) is 20.2. The fourth-order valence-electron chi connectivity index (χ4n) is 1.32. The largest absolute Gasteiger partial charge is 0.490 e. The minimum absolute atomic E-state index is 0.230. The van der Waals surface area contributed by atoms with E-state index in [1.165, 1.54) is 0 Å². The van der Waals surface area contributed by atoms with E-state index in [4.69, 9.17) is 14.6 Å². The van der Waals surface area contributed by atoms with Gasteiger partial charge >= 0.3 is 18.2 Å². The number of nitrogens with one attached hydrogen (secondary N) is 2. The van der Waals surface area contributed by atoms with Crippen LogP contribution in [0.3, 0.4) is 0 Å². The average molecular weight is 320 g/mol. The Bertz CT molecular complexity index is 490. The zero-order chi connectivity index (χ0) is 16.6. The van der Waals surface area contributed by atoms with Crippen molar-refractivity contribution in [3.05, 3.63) is 35.9 Å². The van der Waals surface area contributed by atoms with Crippen molar-refractivity contribution in [1.29, 1.82) is 0 Å². The van der Waals surface area contributed by atoms with Crippen LogP contribution in [0.2, 0.25) is 0 Å². The molecule has 2 rings (SSSR count). The second-order valence-corrected chi connectivity index (χ2v) is 4.36. The van der Waals surface area contributed by atoms with Gasteiger partial charge < -0.3 is 20.5 Å². The van der Waals surface area contributed by atoms with Crippen molar-refractivity contribution >= 4 is 12.1 Å². The average Bonchev–Trinajstić information content (AvgIpc) is 2.41. The van der Waals surface area contributed by atoms with Crippen LogP contribution < -0.4 is 10.6 Å².